The molecule has 0 unspecified atom stereocenters. The van der Waals surface area contributed by atoms with Crippen LogP contribution in [0.3, 0.4) is 0 Å². The first-order valence-electron chi connectivity index (χ1n) is 7.08. The first-order chi connectivity index (χ1) is 12.0. The highest BCUT2D eigenvalue weighted by atomic mass is 32.1. The number of benzene rings is 1. The van der Waals surface area contributed by atoms with Crippen LogP contribution in [0.1, 0.15) is 10.5 Å². The number of hydrogen-bond donors (Lipinski definition) is 2. The molecule has 0 aliphatic carbocycles. The van der Waals surface area contributed by atoms with Crippen molar-refractivity contribution < 1.29 is 14.3 Å². The smallest absolute Gasteiger partial charge is 0.273 e. The molecule has 2 amide bonds. The lowest BCUT2D eigenvalue weighted by atomic mass is 10.3. The van der Waals surface area contributed by atoms with Crippen LogP contribution in [0.5, 0.6) is 5.75 Å². The number of methoxy groups -OCH3 is 1. The maximum absolute atomic E-state index is 12.4. The molecule has 0 spiro atoms. The molecule has 2 aromatic heterocycles. The monoisotopic (exact) mass is 359 g/mol. The van der Waals surface area contributed by atoms with Crippen molar-refractivity contribution >= 4 is 39.3 Å². The molecule has 9 nitrogen and oxygen atoms in total. The highest BCUT2D eigenvalue weighted by molar-refractivity contribution is 7.13. The number of primary amides is 1. The molecule has 25 heavy (non-hydrogen) atoms. The first-order valence-corrected chi connectivity index (χ1v) is 7.85. The molecule has 0 fully saturated rings. The average molecular weight is 359 g/mol. The van der Waals surface area contributed by atoms with E-state index in [-0.39, 0.29) is 22.5 Å². The van der Waals surface area contributed by atoms with Gasteiger partial charge in [-0.2, -0.15) is 4.37 Å². The van der Waals surface area contributed by atoms with Crippen LogP contribution in [-0.2, 0) is 11.3 Å². The van der Waals surface area contributed by atoms with Crippen LogP contribution in [0.4, 0.5) is 5.69 Å². The Kier molecular flexibility index (Phi) is 4.44. The van der Waals surface area contributed by atoms with E-state index in [2.05, 4.69) is 14.7 Å². The summed E-state index contributed by atoms with van der Waals surface area (Å²) in [5, 5.41) is 2.67. The Hall–Kier alpha value is -3.27. The summed E-state index contributed by atoms with van der Waals surface area (Å²) in [6.07, 6.45) is 1.19. The maximum Gasteiger partial charge on any atom is 0.273 e. The molecule has 10 heteroatoms. The Morgan fingerprint density at radius 2 is 2.20 bits per heavy atom. The van der Waals surface area contributed by atoms with Crippen molar-refractivity contribution in [3.8, 4) is 5.75 Å². The summed E-state index contributed by atoms with van der Waals surface area (Å²) in [5.41, 5.74) is 5.36. The summed E-state index contributed by atoms with van der Waals surface area (Å²) in [6.45, 7) is -0.233. The molecule has 3 rings (SSSR count). The number of carbonyl (C=O) groups excluding carboxylic acids is 2. The molecule has 0 bridgehead atoms. The molecular weight excluding hydrogens is 346 g/mol. The molecule has 1 aromatic carbocycles. The minimum absolute atomic E-state index is 0.0508. The van der Waals surface area contributed by atoms with E-state index in [0.29, 0.717) is 11.4 Å². The van der Waals surface area contributed by atoms with Gasteiger partial charge in [0.1, 0.15) is 22.5 Å². The Morgan fingerprint density at radius 1 is 1.40 bits per heavy atom. The predicted molar refractivity (Wildman–Crippen MR) is 91.8 cm³/mol. The van der Waals surface area contributed by atoms with Gasteiger partial charge in [0.15, 0.2) is 5.69 Å². The second-order valence-electron chi connectivity index (χ2n) is 5.03. The molecule has 0 saturated heterocycles. The minimum Gasteiger partial charge on any atom is -0.497 e. The Balaban J connectivity index is 1.82. The van der Waals surface area contributed by atoms with Gasteiger partial charge >= 0.3 is 0 Å². The number of nitrogens with two attached hydrogens (primary N) is 1. The molecule has 0 saturated carbocycles. The molecule has 128 valence electrons. The van der Waals surface area contributed by atoms with Gasteiger partial charge in [0.2, 0.25) is 5.91 Å². The van der Waals surface area contributed by atoms with Crippen molar-refractivity contribution in [1.29, 1.82) is 0 Å². The van der Waals surface area contributed by atoms with E-state index >= 15 is 0 Å². The lowest BCUT2D eigenvalue weighted by Crippen LogP contribution is -2.27. The van der Waals surface area contributed by atoms with Gasteiger partial charge in [0.25, 0.3) is 11.5 Å². The molecular formula is C15H13N5O4S. The van der Waals surface area contributed by atoms with E-state index in [0.717, 1.165) is 16.1 Å². The van der Waals surface area contributed by atoms with Crippen LogP contribution in [-0.4, -0.2) is 32.8 Å². The van der Waals surface area contributed by atoms with Gasteiger partial charge < -0.3 is 15.8 Å². The zero-order chi connectivity index (χ0) is 18.0. The van der Waals surface area contributed by atoms with Gasteiger partial charge in [0, 0.05) is 11.8 Å². The van der Waals surface area contributed by atoms with Gasteiger partial charge in [-0.3, -0.25) is 19.0 Å². The quantitative estimate of drug-likeness (QED) is 0.686. The Labute approximate surface area is 145 Å². The third kappa shape index (κ3) is 3.33. The molecule has 0 aliphatic rings. The number of nitrogens with zero attached hydrogens (tertiary/aromatic N) is 3. The van der Waals surface area contributed by atoms with Crippen LogP contribution in [0.25, 0.3) is 10.2 Å². The maximum atomic E-state index is 12.4. The van der Waals surface area contributed by atoms with Crippen molar-refractivity contribution in [3.05, 3.63) is 46.6 Å². The second kappa shape index (κ2) is 6.69. The number of amides is 2. The summed E-state index contributed by atoms with van der Waals surface area (Å²) in [6, 6.07) is 6.84. The van der Waals surface area contributed by atoms with Crippen LogP contribution in [0.2, 0.25) is 0 Å². The highest BCUT2D eigenvalue weighted by Gasteiger charge is 2.17. The number of ether oxygens (including phenoxy) is 1. The number of carbonyl (C=O) groups is 2. The zero-order valence-corrected chi connectivity index (χ0v) is 13.9. The topological polar surface area (TPSA) is 129 Å². The summed E-state index contributed by atoms with van der Waals surface area (Å²) in [4.78, 5) is 39.8. The van der Waals surface area contributed by atoms with E-state index in [1.165, 1.54) is 13.4 Å². The van der Waals surface area contributed by atoms with E-state index in [1.54, 1.807) is 24.3 Å². The lowest BCUT2D eigenvalue weighted by molar-refractivity contribution is -0.116. The molecule has 3 N–H and O–H groups in total. The first kappa shape index (κ1) is 16.6. The van der Waals surface area contributed by atoms with Crippen molar-refractivity contribution in [2.45, 2.75) is 6.54 Å². The van der Waals surface area contributed by atoms with Crippen molar-refractivity contribution in [2.24, 2.45) is 5.73 Å². The van der Waals surface area contributed by atoms with Crippen molar-refractivity contribution in [3.63, 3.8) is 0 Å². The predicted octanol–water partition coefficient (Wildman–Crippen LogP) is 0.599. The number of rotatable bonds is 5. The van der Waals surface area contributed by atoms with Crippen molar-refractivity contribution in [2.75, 3.05) is 12.4 Å². The van der Waals surface area contributed by atoms with Gasteiger partial charge in [-0.05, 0) is 23.7 Å². The number of anilines is 1. The molecule has 0 radical (unpaired) electrons. The lowest BCUT2D eigenvalue weighted by Gasteiger charge is -2.08. The van der Waals surface area contributed by atoms with E-state index in [9.17, 15) is 14.4 Å². The van der Waals surface area contributed by atoms with Gasteiger partial charge in [-0.25, -0.2) is 4.98 Å². The van der Waals surface area contributed by atoms with Crippen LogP contribution in [0.15, 0.2) is 35.4 Å². The zero-order valence-electron chi connectivity index (χ0n) is 13.1. The summed E-state index contributed by atoms with van der Waals surface area (Å²) < 4.78 is 10.2. The number of aromatic nitrogens is 3. The van der Waals surface area contributed by atoms with Gasteiger partial charge in [-0.15, -0.1) is 0 Å². The van der Waals surface area contributed by atoms with E-state index < -0.39 is 17.4 Å². The van der Waals surface area contributed by atoms with Crippen LogP contribution >= 0.6 is 11.5 Å². The molecule has 0 atom stereocenters. The number of hydrogen-bond acceptors (Lipinski definition) is 7. The minimum atomic E-state index is -0.758. The standard InChI is InChI=1S/C15H13N5O4S/c1-24-9-4-2-3-8(5-9)18-10(21)6-20-7-17-11-12(14(16)22)19-25-13(11)15(20)23/h2-5,7H,6H2,1H3,(H2,16,22)(H,18,21). The Morgan fingerprint density at radius 3 is 2.92 bits per heavy atom. The summed E-state index contributed by atoms with van der Waals surface area (Å²) in [7, 11) is 1.52. The largest absolute Gasteiger partial charge is 0.497 e. The van der Waals surface area contributed by atoms with Gasteiger partial charge in [-0.1, -0.05) is 6.07 Å². The van der Waals surface area contributed by atoms with Crippen LogP contribution < -0.4 is 21.3 Å². The highest BCUT2D eigenvalue weighted by Crippen LogP contribution is 2.17. The molecule has 2 heterocycles. The molecule has 0 aliphatic heterocycles. The fourth-order valence-corrected chi connectivity index (χ4v) is 2.98. The number of fused-ring (bicyclic) bond motifs is 1. The average Bonchev–Trinajstić information content (AvgIpc) is 3.02. The van der Waals surface area contributed by atoms with E-state index in [1.807, 2.05) is 0 Å². The van der Waals surface area contributed by atoms with E-state index in [4.69, 9.17) is 10.5 Å². The third-order valence-electron chi connectivity index (χ3n) is 3.35. The number of nitrogens with one attached hydrogen (secondary N) is 1. The third-order valence-corrected chi connectivity index (χ3v) is 4.17. The van der Waals surface area contributed by atoms with Gasteiger partial charge in [0.05, 0.1) is 13.4 Å². The second-order valence-corrected chi connectivity index (χ2v) is 5.80. The summed E-state index contributed by atoms with van der Waals surface area (Å²) in [5.74, 6) is -0.565. The fraction of sp³-hybridized carbons (Fsp3) is 0.133. The normalized spacial score (nSPS) is 10.6. The summed E-state index contributed by atoms with van der Waals surface area (Å²) >= 11 is 0.824. The van der Waals surface area contributed by atoms with Crippen LogP contribution in [0, 0.1) is 0 Å². The Bertz CT molecular complexity index is 1030. The SMILES string of the molecule is COc1cccc(NC(=O)Cn2cnc3c(C(N)=O)nsc3c2=O)c1. The fourth-order valence-electron chi connectivity index (χ4n) is 2.19. The molecule has 3 aromatic rings. The van der Waals surface area contributed by atoms with Crippen molar-refractivity contribution in [1.82, 2.24) is 13.9 Å².